The zero-order valence-electron chi connectivity index (χ0n) is 14.7. The third kappa shape index (κ3) is 8.93. The second-order valence-corrected chi connectivity index (χ2v) is 6.36. The van der Waals surface area contributed by atoms with Crippen molar-refractivity contribution >= 4 is 0 Å². The van der Waals surface area contributed by atoms with Gasteiger partial charge in [-0.2, -0.15) is 0 Å². The summed E-state index contributed by atoms with van der Waals surface area (Å²) in [5.74, 6) is 1.51. The molecule has 0 saturated carbocycles. The van der Waals surface area contributed by atoms with Gasteiger partial charge in [0.25, 0.3) is 0 Å². The highest BCUT2D eigenvalue weighted by Crippen LogP contribution is 2.18. The van der Waals surface area contributed by atoms with Gasteiger partial charge in [0.05, 0.1) is 0 Å². The lowest BCUT2D eigenvalue weighted by molar-refractivity contribution is 0.126. The van der Waals surface area contributed by atoms with E-state index in [0.717, 1.165) is 18.4 Å². The first-order valence-electron chi connectivity index (χ1n) is 7.58. The molecule has 0 aromatic rings. The van der Waals surface area contributed by atoms with Crippen molar-refractivity contribution in [1.29, 1.82) is 0 Å². The van der Waals surface area contributed by atoms with Gasteiger partial charge >= 0.3 is 0 Å². The minimum atomic E-state index is 0.282. The smallest absolute Gasteiger partial charge is 0.0122 e. The van der Waals surface area contributed by atoms with E-state index in [9.17, 15) is 0 Å². The molecule has 2 heteroatoms. The summed E-state index contributed by atoms with van der Waals surface area (Å²) < 4.78 is 0. The van der Waals surface area contributed by atoms with Gasteiger partial charge in [-0.25, -0.2) is 0 Å². The van der Waals surface area contributed by atoms with E-state index >= 15 is 0 Å². The van der Waals surface area contributed by atoms with Gasteiger partial charge < -0.3 is 9.80 Å². The second-order valence-electron chi connectivity index (χ2n) is 6.36. The number of rotatable bonds is 6. The lowest BCUT2D eigenvalue weighted by Gasteiger charge is -2.36. The van der Waals surface area contributed by atoms with Crippen LogP contribution in [0.2, 0.25) is 0 Å². The molecule has 0 aromatic heterocycles. The lowest BCUT2D eigenvalue weighted by atomic mass is 9.93. The Hall–Kier alpha value is -0.0800. The van der Waals surface area contributed by atoms with Gasteiger partial charge in [-0.15, -0.1) is 0 Å². The van der Waals surface area contributed by atoms with Crippen molar-refractivity contribution in [2.75, 3.05) is 33.7 Å². The number of hydrogen-bond acceptors (Lipinski definition) is 2. The fourth-order valence-electron chi connectivity index (χ4n) is 1.69. The molecule has 0 aliphatic rings. The maximum atomic E-state index is 2.46. The van der Waals surface area contributed by atoms with Crippen molar-refractivity contribution in [2.45, 2.75) is 60.9 Å². The normalized spacial score (nSPS) is 15.3. The van der Waals surface area contributed by atoms with Gasteiger partial charge in [0.1, 0.15) is 0 Å². The molecule has 0 amide bonds. The first-order valence-corrected chi connectivity index (χ1v) is 7.58. The molecule has 0 spiro atoms. The van der Waals surface area contributed by atoms with Gasteiger partial charge in [0, 0.05) is 18.6 Å². The minimum absolute atomic E-state index is 0.282. The Morgan fingerprint density at radius 1 is 0.889 bits per heavy atom. The van der Waals surface area contributed by atoms with Crippen LogP contribution in [0.1, 0.15) is 55.4 Å². The summed E-state index contributed by atoms with van der Waals surface area (Å²) in [6.45, 7) is 21.3. The summed E-state index contributed by atoms with van der Waals surface area (Å²) in [6.07, 6.45) is 0. The van der Waals surface area contributed by atoms with Gasteiger partial charge in [-0.05, 0) is 53.2 Å². The van der Waals surface area contributed by atoms with Crippen LogP contribution in [0.15, 0.2) is 0 Å². The topological polar surface area (TPSA) is 6.48 Å². The van der Waals surface area contributed by atoms with Crippen LogP contribution in [0, 0.1) is 11.8 Å². The highest BCUT2D eigenvalue weighted by Gasteiger charge is 2.22. The van der Waals surface area contributed by atoms with Crippen LogP contribution in [0.4, 0.5) is 0 Å². The Labute approximate surface area is 117 Å². The van der Waals surface area contributed by atoms with Crippen molar-refractivity contribution in [3.8, 4) is 0 Å². The van der Waals surface area contributed by atoms with Crippen LogP contribution in [-0.4, -0.2) is 49.1 Å². The summed E-state index contributed by atoms with van der Waals surface area (Å²) >= 11 is 0. The van der Waals surface area contributed by atoms with Crippen LogP contribution in [0.3, 0.4) is 0 Å². The molecular formula is C16H38N2. The van der Waals surface area contributed by atoms with E-state index in [1.54, 1.807) is 0 Å². The van der Waals surface area contributed by atoms with Gasteiger partial charge in [-0.3, -0.25) is 0 Å². The molecule has 2 nitrogen and oxygen atoms in total. The molecule has 0 rings (SSSR count). The molecule has 0 radical (unpaired) electrons. The first kappa shape index (κ1) is 20.2. The quantitative estimate of drug-likeness (QED) is 0.711. The van der Waals surface area contributed by atoms with E-state index in [1.807, 2.05) is 13.8 Å². The molecule has 0 bridgehead atoms. The van der Waals surface area contributed by atoms with E-state index in [-0.39, 0.29) is 5.54 Å². The third-order valence-electron chi connectivity index (χ3n) is 3.82. The molecule has 0 aliphatic heterocycles. The predicted molar refractivity (Wildman–Crippen MR) is 85.2 cm³/mol. The molecule has 112 valence electrons. The maximum Gasteiger partial charge on any atom is 0.0122 e. The molecule has 0 saturated heterocycles. The standard InChI is InChI=1S/C14H32N2.C2H6/c1-9-15(7)10-12(2)13(3)11-16(8)14(4,5)6;1-2/h12-13H,9-11H2,1-8H3;1-2H3. The summed E-state index contributed by atoms with van der Waals surface area (Å²) in [5.41, 5.74) is 0.282. The van der Waals surface area contributed by atoms with Crippen LogP contribution in [0.5, 0.6) is 0 Å². The second kappa shape index (κ2) is 9.80. The molecule has 2 unspecified atom stereocenters. The Bertz CT molecular complexity index is 184. The Morgan fingerprint density at radius 2 is 1.28 bits per heavy atom. The lowest BCUT2D eigenvalue weighted by Crippen LogP contribution is -2.42. The highest BCUT2D eigenvalue weighted by atomic mass is 15.2. The number of hydrogen-bond donors (Lipinski definition) is 0. The van der Waals surface area contributed by atoms with Crippen LogP contribution in [0.25, 0.3) is 0 Å². The molecule has 0 aromatic carbocycles. The Kier molecular flexibility index (Phi) is 11.0. The Balaban J connectivity index is 0. The van der Waals surface area contributed by atoms with Crippen LogP contribution < -0.4 is 0 Å². The van der Waals surface area contributed by atoms with Crippen molar-refractivity contribution in [3.05, 3.63) is 0 Å². The molecule has 2 atom stereocenters. The van der Waals surface area contributed by atoms with E-state index in [2.05, 4.69) is 65.4 Å². The first-order chi connectivity index (χ1) is 8.18. The van der Waals surface area contributed by atoms with E-state index in [0.29, 0.717) is 0 Å². The fourth-order valence-corrected chi connectivity index (χ4v) is 1.69. The third-order valence-corrected chi connectivity index (χ3v) is 3.82. The summed E-state index contributed by atoms with van der Waals surface area (Å²) in [5, 5.41) is 0. The molecule has 0 N–H and O–H groups in total. The number of nitrogens with zero attached hydrogens (tertiary/aromatic N) is 2. The predicted octanol–water partition coefficient (Wildman–Crippen LogP) is 3.97. The highest BCUT2D eigenvalue weighted by molar-refractivity contribution is 4.76. The summed E-state index contributed by atoms with van der Waals surface area (Å²) in [7, 11) is 4.43. The zero-order chi connectivity index (χ0) is 14.9. The molecule has 18 heavy (non-hydrogen) atoms. The summed E-state index contributed by atoms with van der Waals surface area (Å²) in [4.78, 5) is 4.86. The molecule has 0 aliphatic carbocycles. The van der Waals surface area contributed by atoms with E-state index in [4.69, 9.17) is 0 Å². The van der Waals surface area contributed by atoms with Gasteiger partial charge in [0.15, 0.2) is 0 Å². The van der Waals surface area contributed by atoms with E-state index in [1.165, 1.54) is 13.1 Å². The van der Waals surface area contributed by atoms with Crippen molar-refractivity contribution in [2.24, 2.45) is 11.8 Å². The van der Waals surface area contributed by atoms with Crippen molar-refractivity contribution in [1.82, 2.24) is 9.80 Å². The molecule has 0 heterocycles. The Morgan fingerprint density at radius 3 is 1.61 bits per heavy atom. The average molecular weight is 258 g/mol. The van der Waals surface area contributed by atoms with Gasteiger partial charge in [0.2, 0.25) is 0 Å². The fraction of sp³-hybridized carbons (Fsp3) is 1.00. The summed E-state index contributed by atoms with van der Waals surface area (Å²) in [6, 6.07) is 0. The SMILES string of the molecule is CC.CCN(C)CC(C)C(C)CN(C)C(C)(C)C. The van der Waals surface area contributed by atoms with Crippen LogP contribution in [-0.2, 0) is 0 Å². The largest absolute Gasteiger partial charge is 0.306 e. The van der Waals surface area contributed by atoms with Crippen LogP contribution >= 0.6 is 0 Å². The van der Waals surface area contributed by atoms with Crippen molar-refractivity contribution < 1.29 is 0 Å². The average Bonchev–Trinajstić information content (AvgIpc) is 2.29. The monoisotopic (exact) mass is 258 g/mol. The maximum absolute atomic E-state index is 2.46. The minimum Gasteiger partial charge on any atom is -0.306 e. The van der Waals surface area contributed by atoms with E-state index < -0.39 is 0 Å². The molecular weight excluding hydrogens is 220 g/mol. The van der Waals surface area contributed by atoms with Crippen molar-refractivity contribution in [3.63, 3.8) is 0 Å². The zero-order valence-corrected chi connectivity index (χ0v) is 14.7. The molecule has 0 fully saturated rings. The van der Waals surface area contributed by atoms with Gasteiger partial charge in [-0.1, -0.05) is 34.6 Å².